The first-order valence-electron chi connectivity index (χ1n) is 4.65. The summed E-state index contributed by atoms with van der Waals surface area (Å²) in [5.41, 5.74) is 6.38. The van der Waals surface area contributed by atoms with Crippen LogP contribution in [0.5, 0.6) is 0 Å². The Morgan fingerprint density at radius 2 is 2.36 bits per heavy atom. The van der Waals surface area contributed by atoms with Gasteiger partial charge in [0.15, 0.2) is 0 Å². The summed E-state index contributed by atoms with van der Waals surface area (Å²) in [6.45, 7) is 1.39. The molecule has 1 aromatic carbocycles. The first-order chi connectivity index (χ1) is 6.75. The normalized spacial score (nSPS) is 21.1. The molecular formula is C10H13FN2O. The van der Waals surface area contributed by atoms with Crippen molar-refractivity contribution in [2.45, 2.75) is 12.5 Å². The second kappa shape index (κ2) is 3.84. The minimum Gasteiger partial charge on any atom is -0.399 e. The average molecular weight is 196 g/mol. The summed E-state index contributed by atoms with van der Waals surface area (Å²) in [6.07, 6.45) is 0.920. The minimum atomic E-state index is -0.308. The smallest absolute Gasteiger partial charge is 0.148 e. The quantitative estimate of drug-likeness (QED) is 0.706. The predicted molar refractivity (Wildman–Crippen MR) is 53.7 cm³/mol. The molecule has 3 nitrogen and oxygen atoms in total. The van der Waals surface area contributed by atoms with E-state index in [4.69, 9.17) is 10.5 Å². The average Bonchev–Trinajstić information content (AvgIpc) is 2.62. The van der Waals surface area contributed by atoms with Gasteiger partial charge in [-0.1, -0.05) is 0 Å². The van der Waals surface area contributed by atoms with Crippen molar-refractivity contribution < 1.29 is 9.13 Å². The zero-order valence-electron chi connectivity index (χ0n) is 7.79. The van der Waals surface area contributed by atoms with Crippen LogP contribution in [-0.4, -0.2) is 19.3 Å². The highest BCUT2D eigenvalue weighted by molar-refractivity contribution is 5.53. The van der Waals surface area contributed by atoms with Crippen LogP contribution in [0.25, 0.3) is 0 Å². The lowest BCUT2D eigenvalue weighted by atomic mass is 10.2. The maximum atomic E-state index is 13.3. The molecule has 0 radical (unpaired) electrons. The topological polar surface area (TPSA) is 47.3 Å². The highest BCUT2D eigenvalue weighted by Crippen LogP contribution is 2.19. The van der Waals surface area contributed by atoms with Gasteiger partial charge >= 0.3 is 0 Å². The molecule has 1 fully saturated rings. The summed E-state index contributed by atoms with van der Waals surface area (Å²) >= 11 is 0. The van der Waals surface area contributed by atoms with Crippen molar-refractivity contribution in [3.05, 3.63) is 24.0 Å². The van der Waals surface area contributed by atoms with Crippen LogP contribution in [0, 0.1) is 5.82 Å². The third kappa shape index (κ3) is 1.96. The Morgan fingerprint density at radius 3 is 3.00 bits per heavy atom. The van der Waals surface area contributed by atoms with E-state index >= 15 is 0 Å². The number of ether oxygens (including phenoxy) is 1. The standard InChI is InChI=1S/C10H13FN2O/c11-9-5-7(12)1-2-10(9)13-8-3-4-14-6-8/h1-2,5,8,13H,3-4,6,12H2. The van der Waals surface area contributed by atoms with Gasteiger partial charge in [0.2, 0.25) is 0 Å². The molecule has 1 aromatic rings. The number of halogens is 1. The van der Waals surface area contributed by atoms with Gasteiger partial charge in [-0.25, -0.2) is 4.39 Å². The van der Waals surface area contributed by atoms with Crippen LogP contribution < -0.4 is 11.1 Å². The van der Waals surface area contributed by atoms with Crippen LogP contribution in [-0.2, 0) is 4.74 Å². The van der Waals surface area contributed by atoms with E-state index < -0.39 is 0 Å². The number of nitrogen functional groups attached to an aromatic ring is 1. The predicted octanol–water partition coefficient (Wildman–Crippen LogP) is 1.61. The highest BCUT2D eigenvalue weighted by Gasteiger charge is 2.16. The SMILES string of the molecule is Nc1ccc(NC2CCOC2)c(F)c1. The lowest BCUT2D eigenvalue weighted by molar-refractivity contribution is 0.195. The molecule has 1 saturated heterocycles. The maximum absolute atomic E-state index is 13.3. The fraction of sp³-hybridized carbons (Fsp3) is 0.400. The van der Waals surface area contributed by atoms with Crippen molar-refractivity contribution in [3.8, 4) is 0 Å². The van der Waals surface area contributed by atoms with Crippen LogP contribution in [0.2, 0.25) is 0 Å². The summed E-state index contributed by atoms with van der Waals surface area (Å²) in [6, 6.07) is 4.87. The van der Waals surface area contributed by atoms with Crippen LogP contribution in [0.15, 0.2) is 18.2 Å². The van der Waals surface area contributed by atoms with E-state index in [0.717, 1.165) is 13.0 Å². The Labute approximate surface area is 82.1 Å². The molecule has 0 bridgehead atoms. The highest BCUT2D eigenvalue weighted by atomic mass is 19.1. The molecular weight excluding hydrogens is 183 g/mol. The molecule has 0 amide bonds. The number of nitrogens with two attached hydrogens (primary N) is 1. The number of hydrogen-bond acceptors (Lipinski definition) is 3. The van der Waals surface area contributed by atoms with E-state index in [1.165, 1.54) is 6.07 Å². The lowest BCUT2D eigenvalue weighted by Gasteiger charge is -2.12. The summed E-state index contributed by atoms with van der Waals surface area (Å²) in [7, 11) is 0. The molecule has 0 saturated carbocycles. The maximum Gasteiger partial charge on any atom is 0.148 e. The van der Waals surface area contributed by atoms with Crippen LogP contribution in [0.3, 0.4) is 0 Å². The zero-order chi connectivity index (χ0) is 9.97. The van der Waals surface area contributed by atoms with E-state index in [-0.39, 0.29) is 11.9 Å². The molecule has 1 unspecified atom stereocenters. The minimum absolute atomic E-state index is 0.216. The van der Waals surface area contributed by atoms with Gasteiger partial charge in [0, 0.05) is 12.3 Å². The molecule has 0 spiro atoms. The zero-order valence-corrected chi connectivity index (χ0v) is 7.79. The van der Waals surface area contributed by atoms with Crippen molar-refractivity contribution in [3.63, 3.8) is 0 Å². The first-order valence-corrected chi connectivity index (χ1v) is 4.65. The second-order valence-electron chi connectivity index (χ2n) is 3.44. The van der Waals surface area contributed by atoms with Crippen molar-refractivity contribution in [2.24, 2.45) is 0 Å². The van der Waals surface area contributed by atoms with E-state index in [2.05, 4.69) is 5.32 Å². The molecule has 1 atom stereocenters. The van der Waals surface area contributed by atoms with Crippen molar-refractivity contribution >= 4 is 11.4 Å². The Morgan fingerprint density at radius 1 is 1.50 bits per heavy atom. The van der Waals surface area contributed by atoms with Crippen molar-refractivity contribution in [1.29, 1.82) is 0 Å². The number of rotatable bonds is 2. The van der Waals surface area contributed by atoms with E-state index in [9.17, 15) is 4.39 Å². The van der Waals surface area contributed by atoms with Gasteiger partial charge in [-0.05, 0) is 24.6 Å². The number of nitrogens with one attached hydrogen (secondary N) is 1. The van der Waals surface area contributed by atoms with Gasteiger partial charge in [0.25, 0.3) is 0 Å². The second-order valence-corrected chi connectivity index (χ2v) is 3.44. The van der Waals surface area contributed by atoms with Crippen LogP contribution in [0.4, 0.5) is 15.8 Å². The molecule has 4 heteroatoms. The Balaban J connectivity index is 2.08. The fourth-order valence-electron chi connectivity index (χ4n) is 1.52. The van der Waals surface area contributed by atoms with Gasteiger partial charge in [-0.15, -0.1) is 0 Å². The molecule has 14 heavy (non-hydrogen) atoms. The fourth-order valence-corrected chi connectivity index (χ4v) is 1.52. The Bertz CT molecular complexity index is 324. The molecule has 76 valence electrons. The van der Waals surface area contributed by atoms with E-state index in [1.54, 1.807) is 12.1 Å². The van der Waals surface area contributed by atoms with Gasteiger partial charge in [-0.3, -0.25) is 0 Å². The van der Waals surface area contributed by atoms with Gasteiger partial charge in [0.1, 0.15) is 5.82 Å². The molecule has 2 rings (SSSR count). The molecule has 1 aliphatic heterocycles. The van der Waals surface area contributed by atoms with Crippen molar-refractivity contribution in [2.75, 3.05) is 24.3 Å². The first kappa shape index (κ1) is 9.27. The largest absolute Gasteiger partial charge is 0.399 e. The Kier molecular flexibility index (Phi) is 2.54. The van der Waals surface area contributed by atoms with Crippen molar-refractivity contribution in [1.82, 2.24) is 0 Å². The molecule has 0 aliphatic carbocycles. The van der Waals surface area contributed by atoms with Gasteiger partial charge in [-0.2, -0.15) is 0 Å². The lowest BCUT2D eigenvalue weighted by Crippen LogP contribution is -2.19. The van der Waals surface area contributed by atoms with E-state index in [0.29, 0.717) is 18.0 Å². The van der Waals surface area contributed by atoms with E-state index in [1.807, 2.05) is 0 Å². The monoisotopic (exact) mass is 196 g/mol. The van der Waals surface area contributed by atoms with Gasteiger partial charge in [0.05, 0.1) is 18.3 Å². The Hall–Kier alpha value is -1.29. The third-order valence-electron chi connectivity index (χ3n) is 2.28. The summed E-state index contributed by atoms with van der Waals surface area (Å²) in [5.74, 6) is -0.308. The molecule has 3 N–H and O–H groups in total. The van der Waals surface area contributed by atoms with Gasteiger partial charge < -0.3 is 15.8 Å². The summed E-state index contributed by atoms with van der Waals surface area (Å²) in [4.78, 5) is 0. The summed E-state index contributed by atoms with van der Waals surface area (Å²) < 4.78 is 18.5. The summed E-state index contributed by atoms with van der Waals surface area (Å²) in [5, 5.41) is 3.08. The number of benzene rings is 1. The van der Waals surface area contributed by atoms with Crippen LogP contribution in [0.1, 0.15) is 6.42 Å². The number of anilines is 2. The molecule has 0 aromatic heterocycles. The van der Waals surface area contributed by atoms with Crippen LogP contribution >= 0.6 is 0 Å². The third-order valence-corrected chi connectivity index (χ3v) is 2.28. The molecule has 1 aliphatic rings. The molecule has 1 heterocycles. The number of hydrogen-bond donors (Lipinski definition) is 2.